The van der Waals surface area contributed by atoms with Crippen LogP contribution in [0, 0.1) is 13.8 Å². The molecule has 0 aliphatic carbocycles. The van der Waals surface area contributed by atoms with Crippen LogP contribution in [0.15, 0.2) is 12.1 Å². The Bertz CT molecular complexity index is 729. The van der Waals surface area contributed by atoms with Gasteiger partial charge in [0.15, 0.2) is 0 Å². The van der Waals surface area contributed by atoms with Crippen LogP contribution in [0.1, 0.15) is 49.7 Å². The number of aromatic amines is 1. The van der Waals surface area contributed by atoms with Gasteiger partial charge in [-0.05, 0) is 55.2 Å². The number of H-pyrrole nitrogens is 1. The molecule has 0 amide bonds. The van der Waals surface area contributed by atoms with Crippen LogP contribution >= 0.6 is 0 Å². The second-order valence-corrected chi connectivity index (χ2v) is 7.06. The van der Waals surface area contributed by atoms with Gasteiger partial charge in [-0.15, -0.1) is 10.2 Å². The molecule has 29 heavy (non-hydrogen) atoms. The van der Waals surface area contributed by atoms with Gasteiger partial charge >= 0.3 is 6.18 Å². The second kappa shape index (κ2) is 12.5. The highest BCUT2D eigenvalue weighted by atomic mass is 32.2. The minimum Gasteiger partial charge on any atom is -0.760 e. The molecule has 0 saturated heterocycles. The number of hydrogen-bond acceptors (Lipinski definition) is 6. The van der Waals surface area contributed by atoms with E-state index in [0.29, 0.717) is 12.2 Å². The fraction of sp³-hybridized carbons (Fsp3) is 0.588. The Morgan fingerprint density at radius 2 is 1.69 bits per heavy atom. The first kappa shape index (κ1) is 25.0. The van der Waals surface area contributed by atoms with E-state index < -0.39 is 23.9 Å². The van der Waals surface area contributed by atoms with E-state index in [1.54, 1.807) is 0 Å². The van der Waals surface area contributed by atoms with Crippen LogP contribution in [0.5, 0.6) is 0 Å². The third-order valence-corrected chi connectivity index (χ3v) is 4.08. The van der Waals surface area contributed by atoms with Crippen molar-refractivity contribution in [1.82, 2.24) is 20.6 Å². The fourth-order valence-corrected chi connectivity index (χ4v) is 2.85. The van der Waals surface area contributed by atoms with E-state index in [0.717, 1.165) is 48.2 Å². The van der Waals surface area contributed by atoms with Crippen LogP contribution in [-0.4, -0.2) is 42.1 Å². The molecule has 0 fully saturated rings. The number of benzene rings is 1. The van der Waals surface area contributed by atoms with Gasteiger partial charge in [0.1, 0.15) is 0 Å². The van der Waals surface area contributed by atoms with Gasteiger partial charge in [-0.25, -0.2) is 0 Å². The predicted octanol–water partition coefficient (Wildman–Crippen LogP) is 3.54. The van der Waals surface area contributed by atoms with Crippen molar-refractivity contribution in [2.75, 3.05) is 11.9 Å². The van der Waals surface area contributed by atoms with Gasteiger partial charge in [-0.1, -0.05) is 19.3 Å². The van der Waals surface area contributed by atoms with Gasteiger partial charge in [-0.3, -0.25) is 9.35 Å². The molecule has 0 aliphatic rings. The van der Waals surface area contributed by atoms with Gasteiger partial charge < -0.3 is 9.87 Å². The number of nitrogens with zero attached hydrogens (tertiary/aromatic N) is 3. The van der Waals surface area contributed by atoms with E-state index in [4.69, 9.17) is 8.76 Å². The molecule has 1 aromatic heterocycles. The fourth-order valence-electron chi connectivity index (χ4n) is 2.85. The summed E-state index contributed by atoms with van der Waals surface area (Å²) in [5.41, 5.74) is 4.21. The van der Waals surface area contributed by atoms with Crippen LogP contribution in [0.25, 0.3) is 11.4 Å². The Morgan fingerprint density at radius 3 is 2.21 bits per heavy atom. The maximum atomic E-state index is 12.0. The minimum absolute atomic E-state index is 0.229. The third kappa shape index (κ3) is 10.9. The largest absolute Gasteiger partial charge is 0.760 e. The summed E-state index contributed by atoms with van der Waals surface area (Å²) in [5.74, 6) is 0.566. The monoisotopic (exact) mass is 435 g/mol. The van der Waals surface area contributed by atoms with Crippen molar-refractivity contribution < 1.29 is 21.9 Å². The van der Waals surface area contributed by atoms with Crippen molar-refractivity contribution in [2.45, 2.75) is 58.5 Å². The van der Waals surface area contributed by atoms with Gasteiger partial charge in [0.05, 0.1) is 0 Å². The number of rotatable bonds is 9. The zero-order valence-corrected chi connectivity index (χ0v) is 17.2. The molecule has 1 aromatic carbocycles. The molecule has 4 N–H and O–H groups in total. The molecule has 0 aliphatic heterocycles. The number of alkyl halides is 3. The number of tetrazole rings is 1. The number of halogens is 3. The van der Waals surface area contributed by atoms with Crippen molar-refractivity contribution >= 4 is 17.0 Å². The molecule has 1 atom stereocenters. The number of nitrogens with one attached hydrogen (secondary N) is 2. The average Bonchev–Trinajstić information content (AvgIpc) is 3.12. The average molecular weight is 435 g/mol. The van der Waals surface area contributed by atoms with E-state index in [2.05, 4.69) is 31.1 Å². The Balaban J connectivity index is 0.000000960. The Morgan fingerprint density at radius 1 is 1.14 bits per heavy atom. The highest BCUT2D eigenvalue weighted by Gasteiger charge is 2.25. The zero-order chi connectivity index (χ0) is 21.9. The van der Waals surface area contributed by atoms with Gasteiger partial charge in [0.25, 0.3) is 0 Å². The Labute approximate surface area is 170 Å². The predicted molar refractivity (Wildman–Crippen MR) is 104 cm³/mol. The van der Waals surface area contributed by atoms with Gasteiger partial charge in [0.2, 0.25) is 5.82 Å². The van der Waals surface area contributed by atoms with E-state index in [1.807, 2.05) is 26.0 Å². The molecule has 0 saturated carbocycles. The maximum Gasteiger partial charge on any atom is 0.389 e. The number of unbranched alkanes of at least 4 members (excludes halogenated alkanes) is 4. The normalized spacial score (nSPS) is 12.2. The number of aromatic nitrogens is 4. The Hall–Kier alpha value is -2.05. The van der Waals surface area contributed by atoms with Crippen molar-refractivity contribution in [2.24, 2.45) is 5.14 Å². The van der Waals surface area contributed by atoms with E-state index >= 15 is 0 Å². The highest BCUT2D eigenvalue weighted by molar-refractivity contribution is 7.76. The molecule has 164 valence electrons. The number of hydrogen-bond donors (Lipinski definition) is 3. The summed E-state index contributed by atoms with van der Waals surface area (Å²) in [7, 11) is 0. The molecule has 2 aromatic rings. The lowest BCUT2D eigenvalue weighted by molar-refractivity contribution is -0.135. The first-order valence-corrected chi connectivity index (χ1v) is 10.2. The van der Waals surface area contributed by atoms with Crippen LogP contribution in [0.4, 0.5) is 18.9 Å². The first-order chi connectivity index (χ1) is 13.6. The van der Waals surface area contributed by atoms with Crippen LogP contribution < -0.4 is 10.5 Å². The van der Waals surface area contributed by atoms with Crippen molar-refractivity contribution in [1.29, 1.82) is 0 Å². The van der Waals surface area contributed by atoms with E-state index in [9.17, 15) is 13.2 Å². The number of anilines is 1. The molecule has 2 rings (SSSR count). The van der Waals surface area contributed by atoms with E-state index in [-0.39, 0.29) is 6.42 Å². The molecule has 12 heteroatoms. The summed E-state index contributed by atoms with van der Waals surface area (Å²) in [5, 5.41) is 21.4. The maximum absolute atomic E-state index is 12.0. The molecule has 8 nitrogen and oxygen atoms in total. The van der Waals surface area contributed by atoms with Crippen LogP contribution in [0.2, 0.25) is 0 Å². The standard InChI is InChI=1S/C17H24F3N5.H3NO2S/c1-12-10-14(16-22-24-25-23-16)11-13(2)15(12)21-9-7-5-3-4-6-8-17(18,19)20;1-4(2)3/h10-11,21H,3-9H2,1-2H3,(H,22,23,24,25);1H2,(H,2,3)/p-1. The number of aryl methyl sites for hydroxylation is 2. The first-order valence-electron chi connectivity index (χ1n) is 9.09. The molecular weight excluding hydrogens is 409 g/mol. The minimum atomic E-state index is -4.02. The van der Waals surface area contributed by atoms with Crippen molar-refractivity contribution in [3.8, 4) is 11.4 Å². The summed E-state index contributed by atoms with van der Waals surface area (Å²) in [4.78, 5) is 0. The molecule has 0 spiro atoms. The lowest BCUT2D eigenvalue weighted by Gasteiger charge is -2.14. The molecule has 1 unspecified atom stereocenters. The summed E-state index contributed by atoms with van der Waals surface area (Å²) in [6.45, 7) is 4.86. The lowest BCUT2D eigenvalue weighted by Crippen LogP contribution is -2.06. The SMILES string of the molecule is Cc1cc(-c2nn[nH]n2)cc(C)c1NCCCCCCCC(F)(F)F.NS(=O)[O-]. The smallest absolute Gasteiger partial charge is 0.389 e. The molecular formula is C17H26F3N6O2S-. The molecule has 0 radical (unpaired) electrons. The summed E-state index contributed by atoms with van der Waals surface area (Å²) in [6.07, 6.45) is -1.11. The lowest BCUT2D eigenvalue weighted by atomic mass is 10.0. The van der Waals surface area contributed by atoms with Crippen LogP contribution in [0.3, 0.4) is 0 Å². The summed E-state index contributed by atoms with van der Waals surface area (Å²) in [6, 6.07) is 4.02. The summed E-state index contributed by atoms with van der Waals surface area (Å²) < 4.78 is 53.7. The quantitative estimate of drug-likeness (QED) is 0.408. The van der Waals surface area contributed by atoms with Crippen molar-refractivity contribution in [3.63, 3.8) is 0 Å². The van der Waals surface area contributed by atoms with Gasteiger partial charge in [0, 0.05) is 35.5 Å². The highest BCUT2D eigenvalue weighted by Crippen LogP contribution is 2.26. The Kier molecular flexibility index (Phi) is 10.8. The second-order valence-electron chi connectivity index (χ2n) is 6.54. The topological polar surface area (TPSA) is 133 Å². The zero-order valence-electron chi connectivity index (χ0n) is 16.4. The van der Waals surface area contributed by atoms with E-state index in [1.165, 1.54) is 0 Å². The van der Waals surface area contributed by atoms with Gasteiger partial charge in [-0.2, -0.15) is 18.4 Å². The van der Waals surface area contributed by atoms with Crippen LogP contribution in [-0.2, 0) is 11.3 Å². The van der Waals surface area contributed by atoms with Crippen molar-refractivity contribution in [3.05, 3.63) is 23.3 Å². The number of nitrogens with two attached hydrogens (primary N) is 1. The molecule has 0 bridgehead atoms. The summed E-state index contributed by atoms with van der Waals surface area (Å²) >= 11 is -2.36. The molecule has 1 heterocycles. The third-order valence-electron chi connectivity index (χ3n) is 4.08.